The van der Waals surface area contributed by atoms with Crippen molar-refractivity contribution < 1.29 is 29.0 Å². The predicted molar refractivity (Wildman–Crippen MR) is 113 cm³/mol. The molecule has 0 aliphatic heterocycles. The van der Waals surface area contributed by atoms with E-state index in [2.05, 4.69) is 23.3 Å². The van der Waals surface area contributed by atoms with E-state index in [9.17, 15) is 23.9 Å². The van der Waals surface area contributed by atoms with E-state index >= 15 is 0 Å². The Hall–Kier alpha value is -3.07. The van der Waals surface area contributed by atoms with Gasteiger partial charge in [-0.25, -0.2) is 9.18 Å². The zero-order chi connectivity index (χ0) is 22.1. The highest BCUT2D eigenvalue weighted by Gasteiger charge is 2.41. The molecule has 30 heavy (non-hydrogen) atoms. The summed E-state index contributed by atoms with van der Waals surface area (Å²) in [6.07, 6.45) is -0.599. The molecule has 0 saturated heterocycles. The Morgan fingerprint density at radius 1 is 1.03 bits per heavy atom. The van der Waals surface area contributed by atoms with E-state index in [0.29, 0.717) is 6.42 Å². The third-order valence-electron chi connectivity index (χ3n) is 4.53. The van der Waals surface area contributed by atoms with Crippen molar-refractivity contribution in [3.8, 4) is 0 Å². The van der Waals surface area contributed by atoms with E-state index in [1.165, 1.54) is 12.1 Å². The Morgan fingerprint density at radius 3 is 2.20 bits per heavy atom. The minimum atomic E-state index is -2.09. The Kier molecular flexibility index (Phi) is 8.23. The maximum absolute atomic E-state index is 13.2. The first-order valence-electron chi connectivity index (χ1n) is 9.21. The number of halogens is 1. The predicted octanol–water partition coefficient (Wildman–Crippen LogP) is 2.79. The second-order valence-electron chi connectivity index (χ2n) is 6.79. The van der Waals surface area contributed by atoms with Crippen LogP contribution in [-0.2, 0) is 20.8 Å². The summed E-state index contributed by atoms with van der Waals surface area (Å²) in [4.78, 5) is 36.2. The number of hydrogen-bond acceptors (Lipinski definition) is 5. The van der Waals surface area contributed by atoms with Crippen LogP contribution in [0.25, 0.3) is 0 Å². The summed E-state index contributed by atoms with van der Waals surface area (Å²) in [5, 5.41) is 24.1. The second-order valence-corrected chi connectivity index (χ2v) is 7.16. The second kappa shape index (κ2) is 10.6. The lowest BCUT2D eigenvalue weighted by atomic mass is 9.97. The molecular formula is C21H23FN2O5S. The molecule has 0 fully saturated rings. The highest BCUT2D eigenvalue weighted by molar-refractivity contribution is 7.80. The smallest absolute Gasteiger partial charge is 0.350 e. The fourth-order valence-electron chi connectivity index (χ4n) is 2.90. The van der Waals surface area contributed by atoms with Crippen molar-refractivity contribution in [3.05, 3.63) is 66.0 Å². The molecule has 0 radical (unpaired) electrons. The quantitative estimate of drug-likeness (QED) is 0.274. The largest absolute Gasteiger partial charge is 0.481 e. The van der Waals surface area contributed by atoms with E-state index in [1.807, 2.05) is 30.3 Å². The third-order valence-corrected chi connectivity index (χ3v) is 4.97. The van der Waals surface area contributed by atoms with Gasteiger partial charge in [-0.2, -0.15) is 12.6 Å². The number of aliphatic carboxylic acids is 2. The van der Waals surface area contributed by atoms with Gasteiger partial charge in [0.2, 0.25) is 11.6 Å². The van der Waals surface area contributed by atoms with Gasteiger partial charge in [0, 0.05) is 24.3 Å². The highest BCUT2D eigenvalue weighted by atomic mass is 32.1. The number of carboxylic acid groups (broad SMARTS) is 2. The van der Waals surface area contributed by atoms with E-state index in [-0.39, 0.29) is 11.4 Å². The van der Waals surface area contributed by atoms with Crippen molar-refractivity contribution in [3.63, 3.8) is 0 Å². The lowest BCUT2D eigenvalue weighted by Crippen LogP contribution is -2.61. The lowest BCUT2D eigenvalue weighted by Gasteiger charge is -2.33. The minimum Gasteiger partial charge on any atom is -0.481 e. The Labute approximate surface area is 178 Å². The number of rotatable bonds is 11. The minimum absolute atomic E-state index is 0.159. The third kappa shape index (κ3) is 6.48. The molecule has 9 heteroatoms. The van der Waals surface area contributed by atoms with E-state index in [0.717, 1.165) is 17.7 Å². The number of carbonyl (C=O) groups is 3. The zero-order valence-electron chi connectivity index (χ0n) is 16.0. The van der Waals surface area contributed by atoms with Gasteiger partial charge in [-0.05, 0) is 36.2 Å². The molecule has 0 saturated carbocycles. The number of anilines is 1. The topological polar surface area (TPSA) is 116 Å². The molecule has 0 bridgehead atoms. The molecule has 0 aliphatic carbocycles. The number of carbonyl (C=O) groups excluding carboxylic acids is 1. The molecule has 2 rings (SSSR count). The van der Waals surface area contributed by atoms with Crippen LogP contribution >= 0.6 is 12.6 Å². The van der Waals surface area contributed by atoms with Crippen molar-refractivity contribution >= 4 is 36.2 Å². The molecule has 160 valence electrons. The van der Waals surface area contributed by atoms with Crippen molar-refractivity contribution in [1.82, 2.24) is 5.32 Å². The SMILES string of the molecule is O=C(O)CCC(NC(=O)C(CS)Cc1ccccc1)(Nc1ccc(F)cc1)C(=O)O. The molecular weight excluding hydrogens is 411 g/mol. The molecule has 7 nitrogen and oxygen atoms in total. The summed E-state index contributed by atoms with van der Waals surface area (Å²) in [5.41, 5.74) is -0.995. The molecule has 2 unspecified atom stereocenters. The summed E-state index contributed by atoms with van der Waals surface area (Å²) in [5.74, 6) is -4.27. The Morgan fingerprint density at radius 2 is 1.67 bits per heavy atom. The number of carboxylic acids is 2. The van der Waals surface area contributed by atoms with Crippen LogP contribution in [-0.4, -0.2) is 39.5 Å². The van der Waals surface area contributed by atoms with Crippen molar-refractivity contribution in [2.24, 2.45) is 5.92 Å². The highest BCUT2D eigenvalue weighted by Crippen LogP contribution is 2.21. The number of amides is 1. The van der Waals surface area contributed by atoms with Gasteiger partial charge in [0.25, 0.3) is 0 Å². The van der Waals surface area contributed by atoms with Gasteiger partial charge >= 0.3 is 11.9 Å². The molecule has 2 atom stereocenters. The van der Waals surface area contributed by atoms with E-state index in [4.69, 9.17) is 5.11 Å². The van der Waals surface area contributed by atoms with Crippen molar-refractivity contribution in [1.29, 1.82) is 0 Å². The first-order valence-corrected chi connectivity index (χ1v) is 9.85. The molecule has 0 heterocycles. The van der Waals surface area contributed by atoms with Crippen molar-refractivity contribution in [2.45, 2.75) is 24.9 Å². The van der Waals surface area contributed by atoms with Crippen LogP contribution in [0.15, 0.2) is 54.6 Å². The van der Waals surface area contributed by atoms with Gasteiger partial charge in [-0.1, -0.05) is 30.3 Å². The fourth-order valence-corrected chi connectivity index (χ4v) is 3.19. The standard InChI is InChI=1S/C21H23FN2O5S/c22-16-6-8-17(9-7-16)23-21(20(28)29,11-10-18(25)26)24-19(27)15(13-30)12-14-4-2-1-3-5-14/h1-9,15,23,30H,10-13H2,(H,24,27)(H,25,26)(H,28,29). The summed E-state index contributed by atoms with van der Waals surface area (Å²) < 4.78 is 13.2. The first-order chi connectivity index (χ1) is 14.3. The summed E-state index contributed by atoms with van der Waals surface area (Å²) in [7, 11) is 0. The molecule has 1 amide bonds. The van der Waals surface area contributed by atoms with Gasteiger partial charge in [0.1, 0.15) is 5.82 Å². The maximum atomic E-state index is 13.2. The van der Waals surface area contributed by atoms with Crippen LogP contribution in [0.5, 0.6) is 0 Å². The Balaban J connectivity index is 2.28. The number of benzene rings is 2. The lowest BCUT2D eigenvalue weighted by molar-refractivity contribution is -0.148. The summed E-state index contributed by atoms with van der Waals surface area (Å²) >= 11 is 4.22. The molecule has 0 aliphatic rings. The van der Waals surface area contributed by atoms with Gasteiger partial charge < -0.3 is 20.8 Å². The van der Waals surface area contributed by atoms with Crippen molar-refractivity contribution in [2.75, 3.05) is 11.1 Å². The number of hydrogen-bond donors (Lipinski definition) is 5. The average molecular weight is 434 g/mol. The fraction of sp³-hybridized carbons (Fsp3) is 0.286. The summed E-state index contributed by atoms with van der Waals surface area (Å²) in [6.45, 7) is 0. The van der Waals surface area contributed by atoms with Gasteiger partial charge in [0.15, 0.2) is 0 Å². The molecule has 0 spiro atoms. The van der Waals surface area contributed by atoms with Crippen LogP contribution in [0.2, 0.25) is 0 Å². The van der Waals surface area contributed by atoms with E-state index < -0.39 is 48.1 Å². The molecule has 2 aromatic carbocycles. The van der Waals surface area contributed by atoms with Crippen LogP contribution in [0.1, 0.15) is 18.4 Å². The normalized spacial score (nSPS) is 13.7. The number of thiol groups is 1. The molecule has 2 aromatic rings. The first kappa shape index (κ1) is 23.2. The van der Waals surface area contributed by atoms with Crippen LogP contribution in [0, 0.1) is 11.7 Å². The average Bonchev–Trinajstić information content (AvgIpc) is 2.72. The van der Waals surface area contributed by atoms with Crippen LogP contribution < -0.4 is 10.6 Å². The van der Waals surface area contributed by atoms with Gasteiger partial charge in [-0.15, -0.1) is 0 Å². The van der Waals surface area contributed by atoms with Crippen LogP contribution in [0.4, 0.5) is 10.1 Å². The monoisotopic (exact) mass is 434 g/mol. The molecule has 0 aromatic heterocycles. The zero-order valence-corrected chi connectivity index (χ0v) is 16.9. The number of nitrogens with one attached hydrogen (secondary N) is 2. The Bertz CT molecular complexity index is 879. The van der Waals surface area contributed by atoms with E-state index in [1.54, 1.807) is 0 Å². The van der Waals surface area contributed by atoms with Gasteiger partial charge in [-0.3, -0.25) is 9.59 Å². The molecule has 4 N–H and O–H groups in total. The van der Waals surface area contributed by atoms with Crippen LogP contribution in [0.3, 0.4) is 0 Å². The maximum Gasteiger partial charge on any atom is 0.350 e. The summed E-state index contributed by atoms with van der Waals surface area (Å²) in [6, 6.07) is 14.0. The van der Waals surface area contributed by atoms with Gasteiger partial charge in [0.05, 0.1) is 5.92 Å².